The van der Waals surface area contributed by atoms with Gasteiger partial charge in [-0.1, -0.05) is 55.2 Å². The molecule has 19 heavy (non-hydrogen) atoms. The van der Waals surface area contributed by atoms with Crippen LogP contribution in [0.5, 0.6) is 0 Å². The summed E-state index contributed by atoms with van der Waals surface area (Å²) in [5.74, 6) is 0.245. The third-order valence-corrected chi connectivity index (χ3v) is 3.33. The third-order valence-electron chi connectivity index (χ3n) is 2.70. The van der Waals surface area contributed by atoms with Crippen LogP contribution in [0.25, 0.3) is 11.1 Å². The zero-order valence-electron chi connectivity index (χ0n) is 11.1. The van der Waals surface area contributed by atoms with Crippen LogP contribution in [0.1, 0.15) is 26.5 Å². The van der Waals surface area contributed by atoms with E-state index in [-0.39, 0.29) is 11.3 Å². The van der Waals surface area contributed by atoms with Gasteiger partial charge in [0.1, 0.15) is 0 Å². The molecule has 0 bridgehead atoms. The molecule has 0 fully saturated rings. The third kappa shape index (κ3) is 3.04. The van der Waals surface area contributed by atoms with Gasteiger partial charge in [-0.15, -0.1) is 0 Å². The van der Waals surface area contributed by atoms with Crippen molar-refractivity contribution in [3.8, 4) is 11.1 Å². The van der Waals surface area contributed by atoms with Crippen LogP contribution in [-0.4, -0.2) is 5.16 Å². The van der Waals surface area contributed by atoms with Gasteiger partial charge in [-0.3, -0.25) is 0 Å². The van der Waals surface area contributed by atoms with Crippen molar-refractivity contribution >= 4 is 29.1 Å². The molecule has 0 aliphatic heterocycles. The lowest BCUT2D eigenvalue weighted by atomic mass is 9.88. The zero-order valence-corrected chi connectivity index (χ0v) is 12.6. The van der Waals surface area contributed by atoms with Crippen molar-refractivity contribution in [2.75, 3.05) is 5.73 Å². The Hall–Kier alpha value is -1.19. The van der Waals surface area contributed by atoms with Gasteiger partial charge in [-0.05, 0) is 24.0 Å². The second kappa shape index (κ2) is 5.06. The van der Waals surface area contributed by atoms with Crippen molar-refractivity contribution in [2.24, 2.45) is 5.41 Å². The minimum atomic E-state index is 0.0613. The number of benzene rings is 1. The van der Waals surface area contributed by atoms with Crippen LogP contribution >= 0.6 is 23.2 Å². The molecule has 0 aliphatic rings. The van der Waals surface area contributed by atoms with Gasteiger partial charge in [0.15, 0.2) is 0 Å². The summed E-state index contributed by atoms with van der Waals surface area (Å²) in [5.41, 5.74) is 8.11. The van der Waals surface area contributed by atoms with E-state index in [1.165, 1.54) is 0 Å². The van der Waals surface area contributed by atoms with Crippen molar-refractivity contribution in [3.63, 3.8) is 0 Å². The molecule has 0 aliphatic carbocycles. The van der Waals surface area contributed by atoms with E-state index in [1.807, 2.05) is 0 Å². The first-order chi connectivity index (χ1) is 8.79. The molecule has 0 spiro atoms. The number of nitrogens with zero attached hydrogens (tertiary/aromatic N) is 1. The number of halogens is 2. The van der Waals surface area contributed by atoms with Crippen molar-refractivity contribution in [3.05, 3.63) is 33.9 Å². The molecule has 0 unspecified atom stereocenters. The molecule has 2 aromatic rings. The molecule has 0 saturated heterocycles. The highest BCUT2D eigenvalue weighted by atomic mass is 35.5. The van der Waals surface area contributed by atoms with Crippen LogP contribution in [0.2, 0.25) is 10.0 Å². The number of hydrogen-bond donors (Lipinski definition) is 1. The minimum Gasteiger partial charge on any atom is -0.367 e. The van der Waals surface area contributed by atoms with Gasteiger partial charge in [-0.2, -0.15) is 0 Å². The van der Waals surface area contributed by atoms with E-state index >= 15 is 0 Å². The maximum Gasteiger partial charge on any atom is 0.230 e. The maximum absolute atomic E-state index is 6.23. The molecular weight excluding hydrogens is 283 g/mol. The molecule has 1 aromatic heterocycles. The number of aromatic nitrogens is 1. The summed E-state index contributed by atoms with van der Waals surface area (Å²) in [6, 6.07) is 5.34. The average Bonchev–Trinajstić information content (AvgIpc) is 2.59. The molecule has 1 heterocycles. The Morgan fingerprint density at radius 2 is 1.74 bits per heavy atom. The smallest absolute Gasteiger partial charge is 0.230 e. The fourth-order valence-electron chi connectivity index (χ4n) is 1.96. The lowest BCUT2D eigenvalue weighted by molar-refractivity contribution is 0.377. The normalized spacial score (nSPS) is 11.8. The van der Waals surface area contributed by atoms with E-state index in [0.29, 0.717) is 21.2 Å². The van der Waals surface area contributed by atoms with Crippen LogP contribution in [0.4, 0.5) is 5.88 Å². The summed E-state index contributed by atoms with van der Waals surface area (Å²) in [6.07, 6.45) is 0.727. The Balaban J connectivity index is 2.59. The number of hydrogen-bond acceptors (Lipinski definition) is 3. The topological polar surface area (TPSA) is 52.0 Å². The number of rotatable bonds is 2. The van der Waals surface area contributed by atoms with E-state index in [2.05, 4.69) is 25.9 Å². The van der Waals surface area contributed by atoms with Gasteiger partial charge in [0.05, 0.1) is 21.3 Å². The summed E-state index contributed by atoms with van der Waals surface area (Å²) < 4.78 is 5.12. The van der Waals surface area contributed by atoms with Gasteiger partial charge >= 0.3 is 0 Å². The Kier molecular flexibility index (Phi) is 3.79. The summed E-state index contributed by atoms with van der Waals surface area (Å²) >= 11 is 12.5. The monoisotopic (exact) mass is 298 g/mol. The predicted molar refractivity (Wildman–Crippen MR) is 79.5 cm³/mol. The quantitative estimate of drug-likeness (QED) is 0.865. The minimum absolute atomic E-state index is 0.0613. The average molecular weight is 299 g/mol. The fraction of sp³-hybridized carbons (Fsp3) is 0.357. The summed E-state index contributed by atoms with van der Waals surface area (Å²) in [4.78, 5) is 0. The van der Waals surface area contributed by atoms with Crippen LogP contribution in [0.3, 0.4) is 0 Å². The van der Waals surface area contributed by atoms with Gasteiger partial charge in [0.25, 0.3) is 0 Å². The van der Waals surface area contributed by atoms with Gasteiger partial charge in [0, 0.05) is 5.56 Å². The molecule has 2 rings (SSSR count). The van der Waals surface area contributed by atoms with Crippen LogP contribution in [-0.2, 0) is 6.42 Å². The first kappa shape index (κ1) is 14.2. The SMILES string of the molecule is CC(C)(C)Cc1noc(N)c1-c1c(Cl)cccc1Cl. The van der Waals surface area contributed by atoms with E-state index in [1.54, 1.807) is 18.2 Å². The number of nitrogens with two attached hydrogens (primary N) is 1. The van der Waals surface area contributed by atoms with Crippen LogP contribution < -0.4 is 5.73 Å². The molecule has 2 N–H and O–H groups in total. The highest BCUT2D eigenvalue weighted by molar-refractivity contribution is 6.39. The largest absolute Gasteiger partial charge is 0.367 e. The maximum atomic E-state index is 6.23. The molecule has 0 amide bonds. The molecule has 1 aromatic carbocycles. The summed E-state index contributed by atoms with van der Waals surface area (Å²) in [6.45, 7) is 6.36. The fourth-order valence-corrected chi connectivity index (χ4v) is 2.55. The van der Waals surface area contributed by atoms with E-state index in [9.17, 15) is 0 Å². The van der Waals surface area contributed by atoms with Gasteiger partial charge in [-0.25, -0.2) is 0 Å². The molecule has 3 nitrogen and oxygen atoms in total. The second-order valence-corrected chi connectivity index (χ2v) is 6.52. The van der Waals surface area contributed by atoms with E-state index in [0.717, 1.165) is 12.1 Å². The summed E-state index contributed by atoms with van der Waals surface area (Å²) in [7, 11) is 0. The Morgan fingerprint density at radius 3 is 2.26 bits per heavy atom. The van der Waals surface area contributed by atoms with Crippen molar-refractivity contribution in [2.45, 2.75) is 27.2 Å². The van der Waals surface area contributed by atoms with Crippen LogP contribution in [0, 0.1) is 5.41 Å². The number of nitrogen functional groups attached to an aromatic ring is 1. The molecule has 0 saturated carbocycles. The Labute approximate surface area is 122 Å². The van der Waals surface area contributed by atoms with Gasteiger partial charge in [0.2, 0.25) is 5.88 Å². The van der Waals surface area contributed by atoms with Crippen molar-refractivity contribution < 1.29 is 4.52 Å². The summed E-state index contributed by atoms with van der Waals surface area (Å²) in [5, 5.41) is 5.12. The Morgan fingerprint density at radius 1 is 1.16 bits per heavy atom. The predicted octanol–water partition coefficient (Wildman–Crippen LogP) is 4.82. The molecule has 0 atom stereocenters. The van der Waals surface area contributed by atoms with Crippen molar-refractivity contribution in [1.82, 2.24) is 5.16 Å². The molecule has 102 valence electrons. The van der Waals surface area contributed by atoms with E-state index in [4.69, 9.17) is 33.5 Å². The first-order valence-corrected chi connectivity index (χ1v) is 6.73. The molecule has 0 radical (unpaired) electrons. The molecule has 5 heteroatoms. The van der Waals surface area contributed by atoms with E-state index < -0.39 is 0 Å². The Bertz CT molecular complexity index is 580. The second-order valence-electron chi connectivity index (χ2n) is 5.70. The lowest BCUT2D eigenvalue weighted by Gasteiger charge is -2.17. The van der Waals surface area contributed by atoms with Gasteiger partial charge < -0.3 is 10.3 Å². The van der Waals surface area contributed by atoms with Crippen LogP contribution in [0.15, 0.2) is 22.7 Å². The lowest BCUT2D eigenvalue weighted by Crippen LogP contribution is -2.10. The highest BCUT2D eigenvalue weighted by Crippen LogP contribution is 2.41. The number of anilines is 1. The first-order valence-electron chi connectivity index (χ1n) is 5.98. The van der Waals surface area contributed by atoms with Crippen molar-refractivity contribution in [1.29, 1.82) is 0 Å². The highest BCUT2D eigenvalue weighted by Gasteiger charge is 2.24. The zero-order chi connectivity index (χ0) is 14.2. The molecular formula is C14H16Cl2N2O. The standard InChI is InChI=1S/C14H16Cl2N2O/c1-14(2,3)7-10-12(13(17)19-18-10)11-8(15)5-4-6-9(11)16/h4-6H,7,17H2,1-3H3.